The van der Waals surface area contributed by atoms with Crippen molar-refractivity contribution >= 4 is 23.5 Å². The van der Waals surface area contributed by atoms with Crippen LogP contribution in [0, 0.1) is 0 Å². The summed E-state index contributed by atoms with van der Waals surface area (Å²) >= 11 is 5.49. The number of anilines is 1. The predicted octanol–water partition coefficient (Wildman–Crippen LogP) is 2.86. The van der Waals surface area contributed by atoms with E-state index in [9.17, 15) is 18.0 Å². The molecule has 0 atom stereocenters. The average Bonchev–Trinajstić information content (AvgIpc) is 2.44. The van der Waals surface area contributed by atoms with Gasteiger partial charge >= 0.3 is 6.18 Å². The van der Waals surface area contributed by atoms with Crippen LogP contribution in [0.15, 0.2) is 30.5 Å². The van der Waals surface area contributed by atoms with Gasteiger partial charge < -0.3 is 11.1 Å². The second kappa shape index (κ2) is 6.18. The maximum atomic E-state index is 12.5. The predicted molar refractivity (Wildman–Crippen MR) is 74.3 cm³/mol. The first-order valence-corrected chi connectivity index (χ1v) is 6.38. The highest BCUT2D eigenvalue weighted by molar-refractivity contribution is 6.30. The molecule has 9 heteroatoms. The number of hydrogen-bond acceptors (Lipinski definition) is 4. The number of rotatable bonds is 4. The number of carbonyl (C=O) groups excluding carboxylic acids is 1. The Bertz CT molecular complexity index is 706. The van der Waals surface area contributed by atoms with E-state index < -0.39 is 22.8 Å². The number of alkyl halides is 3. The van der Waals surface area contributed by atoms with E-state index in [-0.39, 0.29) is 12.5 Å². The van der Waals surface area contributed by atoms with Gasteiger partial charge in [-0.25, -0.2) is 9.97 Å². The topological polar surface area (TPSA) is 80.9 Å². The highest BCUT2D eigenvalue weighted by atomic mass is 35.5. The number of primary amides is 1. The van der Waals surface area contributed by atoms with Gasteiger partial charge in [0, 0.05) is 18.3 Å². The van der Waals surface area contributed by atoms with Crippen LogP contribution in [0.3, 0.4) is 0 Å². The summed E-state index contributed by atoms with van der Waals surface area (Å²) in [5, 5.41) is 1.99. The summed E-state index contributed by atoms with van der Waals surface area (Å²) in [6, 6.07) is 6.54. The molecule has 1 heterocycles. The van der Waals surface area contributed by atoms with Gasteiger partial charge in [0.25, 0.3) is 0 Å². The van der Waals surface area contributed by atoms with Crippen molar-refractivity contribution in [1.29, 1.82) is 0 Å². The van der Waals surface area contributed by atoms with Crippen LogP contribution in [0.4, 0.5) is 19.1 Å². The lowest BCUT2D eigenvalue weighted by atomic mass is 10.1. The number of hydrogen-bond donors (Lipinski definition) is 2. The van der Waals surface area contributed by atoms with Gasteiger partial charge in [-0.05, 0) is 11.6 Å². The van der Waals surface area contributed by atoms with Crippen molar-refractivity contribution in [3.8, 4) is 0 Å². The first-order valence-electron chi connectivity index (χ1n) is 6.00. The molecule has 0 unspecified atom stereocenters. The Hall–Kier alpha value is -2.35. The second-order valence-corrected chi connectivity index (χ2v) is 4.63. The zero-order chi connectivity index (χ0) is 16.3. The Balaban J connectivity index is 2.16. The number of amides is 1. The summed E-state index contributed by atoms with van der Waals surface area (Å²) in [6.45, 7) is 0.112. The maximum Gasteiger partial charge on any atom is 0.420 e. The van der Waals surface area contributed by atoms with E-state index in [1.807, 2.05) is 0 Å². The standard InChI is InChI=1S/C13H10ClF3N4O/c14-10-9(13(15,16)17)6-20-12(21-10)19-5-7-3-1-2-4-8(7)11(18)22/h1-4,6H,5H2,(H2,18,22)(H,19,20,21). The van der Waals surface area contributed by atoms with Crippen molar-refractivity contribution in [1.82, 2.24) is 9.97 Å². The van der Waals surface area contributed by atoms with E-state index in [0.717, 1.165) is 0 Å². The van der Waals surface area contributed by atoms with Gasteiger partial charge in [0.2, 0.25) is 11.9 Å². The summed E-state index contributed by atoms with van der Waals surface area (Å²) < 4.78 is 37.6. The van der Waals surface area contributed by atoms with Gasteiger partial charge in [-0.1, -0.05) is 29.8 Å². The van der Waals surface area contributed by atoms with Crippen LogP contribution in [0.1, 0.15) is 21.5 Å². The Morgan fingerprint density at radius 1 is 1.32 bits per heavy atom. The minimum atomic E-state index is -4.62. The van der Waals surface area contributed by atoms with Crippen molar-refractivity contribution in [2.75, 3.05) is 5.32 Å². The van der Waals surface area contributed by atoms with E-state index in [1.165, 1.54) is 0 Å². The molecule has 1 aromatic carbocycles. The molecule has 0 saturated heterocycles. The van der Waals surface area contributed by atoms with Gasteiger partial charge in [-0.2, -0.15) is 13.2 Å². The first-order chi connectivity index (χ1) is 10.3. The first kappa shape index (κ1) is 16.0. The molecule has 0 saturated carbocycles. The molecular formula is C13H10ClF3N4O. The fourth-order valence-corrected chi connectivity index (χ4v) is 1.96. The Morgan fingerprint density at radius 2 is 2.00 bits per heavy atom. The molecule has 2 aromatic rings. The normalized spacial score (nSPS) is 11.3. The highest BCUT2D eigenvalue weighted by Crippen LogP contribution is 2.33. The largest absolute Gasteiger partial charge is 0.420 e. The minimum Gasteiger partial charge on any atom is -0.366 e. The van der Waals surface area contributed by atoms with Crippen LogP contribution in [0.2, 0.25) is 5.15 Å². The molecule has 0 fully saturated rings. The summed E-state index contributed by atoms with van der Waals surface area (Å²) in [5.41, 5.74) is 4.98. The third kappa shape index (κ3) is 3.64. The molecule has 3 N–H and O–H groups in total. The number of aromatic nitrogens is 2. The van der Waals surface area contributed by atoms with Crippen molar-refractivity contribution in [3.63, 3.8) is 0 Å². The molecule has 0 aliphatic carbocycles. The van der Waals surface area contributed by atoms with Crippen molar-refractivity contribution in [2.45, 2.75) is 12.7 Å². The number of halogens is 4. The average molecular weight is 331 g/mol. The smallest absolute Gasteiger partial charge is 0.366 e. The van der Waals surface area contributed by atoms with E-state index in [0.29, 0.717) is 17.3 Å². The Labute approximate surface area is 128 Å². The molecular weight excluding hydrogens is 321 g/mol. The van der Waals surface area contributed by atoms with Crippen LogP contribution in [0.25, 0.3) is 0 Å². The summed E-state index contributed by atoms with van der Waals surface area (Å²) in [4.78, 5) is 18.3. The van der Waals surface area contributed by atoms with Crippen molar-refractivity contribution in [2.24, 2.45) is 5.73 Å². The zero-order valence-electron chi connectivity index (χ0n) is 11.0. The third-order valence-corrected chi connectivity index (χ3v) is 3.06. The zero-order valence-corrected chi connectivity index (χ0v) is 11.7. The number of benzene rings is 1. The molecule has 1 aromatic heterocycles. The summed E-state index contributed by atoms with van der Waals surface area (Å²) in [7, 11) is 0. The fourth-order valence-electron chi connectivity index (χ4n) is 1.73. The van der Waals surface area contributed by atoms with Crippen LogP contribution in [0.5, 0.6) is 0 Å². The molecule has 0 aliphatic heterocycles. The van der Waals surface area contributed by atoms with Crippen LogP contribution >= 0.6 is 11.6 Å². The number of carbonyl (C=O) groups is 1. The van der Waals surface area contributed by atoms with Gasteiger partial charge in [0.05, 0.1) is 0 Å². The molecule has 2 rings (SSSR count). The van der Waals surface area contributed by atoms with Crippen LogP contribution in [-0.2, 0) is 12.7 Å². The number of nitrogens with one attached hydrogen (secondary N) is 1. The third-order valence-electron chi connectivity index (χ3n) is 2.77. The quantitative estimate of drug-likeness (QED) is 0.845. The van der Waals surface area contributed by atoms with Crippen molar-refractivity contribution in [3.05, 3.63) is 52.3 Å². The maximum absolute atomic E-state index is 12.5. The Morgan fingerprint density at radius 3 is 2.59 bits per heavy atom. The molecule has 0 bridgehead atoms. The summed E-state index contributed by atoms with van der Waals surface area (Å²) in [5.74, 6) is -0.693. The highest BCUT2D eigenvalue weighted by Gasteiger charge is 2.34. The molecule has 5 nitrogen and oxygen atoms in total. The lowest BCUT2D eigenvalue weighted by molar-refractivity contribution is -0.137. The Kier molecular flexibility index (Phi) is 4.51. The van der Waals surface area contributed by atoms with E-state index >= 15 is 0 Å². The van der Waals surface area contributed by atoms with Gasteiger partial charge in [0.1, 0.15) is 10.7 Å². The molecule has 22 heavy (non-hydrogen) atoms. The molecule has 1 amide bonds. The number of nitrogens with zero attached hydrogens (tertiary/aromatic N) is 2. The summed E-state index contributed by atoms with van der Waals surface area (Å²) in [6.07, 6.45) is -4.02. The molecule has 0 radical (unpaired) electrons. The molecule has 0 aliphatic rings. The fraction of sp³-hybridized carbons (Fsp3) is 0.154. The van der Waals surface area contributed by atoms with Crippen LogP contribution in [-0.4, -0.2) is 15.9 Å². The van der Waals surface area contributed by atoms with E-state index in [1.54, 1.807) is 24.3 Å². The van der Waals surface area contributed by atoms with Gasteiger partial charge in [-0.3, -0.25) is 4.79 Å². The lowest BCUT2D eigenvalue weighted by Crippen LogP contribution is -2.16. The van der Waals surface area contributed by atoms with E-state index in [2.05, 4.69) is 15.3 Å². The SMILES string of the molecule is NC(=O)c1ccccc1CNc1ncc(C(F)(F)F)c(Cl)n1. The van der Waals surface area contributed by atoms with Gasteiger partial charge in [-0.15, -0.1) is 0 Å². The molecule has 0 spiro atoms. The van der Waals surface area contributed by atoms with Gasteiger partial charge in [0.15, 0.2) is 0 Å². The minimum absolute atomic E-state index is 0.0859. The monoisotopic (exact) mass is 330 g/mol. The van der Waals surface area contributed by atoms with E-state index in [4.69, 9.17) is 17.3 Å². The second-order valence-electron chi connectivity index (χ2n) is 4.27. The molecule has 116 valence electrons. The number of nitrogens with two attached hydrogens (primary N) is 1. The van der Waals surface area contributed by atoms with Crippen LogP contribution < -0.4 is 11.1 Å². The lowest BCUT2D eigenvalue weighted by Gasteiger charge is -2.11. The van der Waals surface area contributed by atoms with Crippen molar-refractivity contribution < 1.29 is 18.0 Å².